The molecule has 3 rings (SSSR count). The summed E-state index contributed by atoms with van der Waals surface area (Å²) in [5.74, 6) is -0.817. The minimum absolute atomic E-state index is 0. The lowest BCUT2D eigenvalue weighted by atomic mass is 9.84. The number of carbonyl (C=O) groups excluding carboxylic acids is 4. The summed E-state index contributed by atoms with van der Waals surface area (Å²) in [6.45, 7) is 6.31. The van der Waals surface area contributed by atoms with Gasteiger partial charge < -0.3 is 43.2 Å². The van der Waals surface area contributed by atoms with Gasteiger partial charge in [-0.25, -0.2) is 9.59 Å². The maximum absolute atomic E-state index is 13.9. The molecule has 2 aromatic carbocycles. The number of aryl methyl sites for hydroxylation is 1. The first kappa shape index (κ1) is 44.0. The number of amides is 1. The van der Waals surface area contributed by atoms with Crippen LogP contribution < -0.4 is 14.2 Å². The minimum atomic E-state index is -0.891. The van der Waals surface area contributed by atoms with Gasteiger partial charge in [-0.15, -0.1) is 0 Å². The molecule has 2 aromatic rings. The lowest BCUT2D eigenvalue weighted by Gasteiger charge is -2.36. The molecule has 1 aliphatic rings. The van der Waals surface area contributed by atoms with Crippen LogP contribution in [0.15, 0.2) is 42.5 Å². The van der Waals surface area contributed by atoms with E-state index in [-0.39, 0.29) is 40.5 Å². The van der Waals surface area contributed by atoms with Crippen molar-refractivity contribution in [3.63, 3.8) is 0 Å². The molecule has 2 atom stereocenters. The predicted octanol–water partition coefficient (Wildman–Crippen LogP) is 4.89. The number of hydrogen-bond donors (Lipinski definition) is 1. The first-order valence-corrected chi connectivity index (χ1v) is 17.5. The van der Waals surface area contributed by atoms with Gasteiger partial charge in [0.05, 0.1) is 47.3 Å². The Labute approximate surface area is 307 Å². The summed E-state index contributed by atoms with van der Waals surface area (Å²) in [4.78, 5) is 54.0. The smallest absolute Gasteiger partial charge is 0.344 e. The molecule has 13 heteroatoms. The number of likely N-dealkylation sites (tertiary alicyclic amines) is 1. The van der Waals surface area contributed by atoms with Crippen molar-refractivity contribution >= 4 is 23.6 Å². The average Bonchev–Trinajstić information content (AvgIpc) is 3.15. The molecule has 0 aromatic heterocycles. The fraction of sp³-hybridized carbons (Fsp3) is 0.590. The van der Waals surface area contributed by atoms with E-state index in [0.717, 1.165) is 12.0 Å². The zero-order valence-electron chi connectivity index (χ0n) is 30.5. The van der Waals surface area contributed by atoms with E-state index in [2.05, 4.69) is 0 Å². The summed E-state index contributed by atoms with van der Waals surface area (Å²) < 4.78 is 38.3. The first-order chi connectivity index (χ1) is 24.5. The lowest BCUT2D eigenvalue weighted by Crippen LogP contribution is -2.53. The van der Waals surface area contributed by atoms with E-state index in [0.29, 0.717) is 74.7 Å². The largest absolute Gasteiger partial charge is 0.493 e. The SMILES string of the molecule is C.CCC(C)(C)C(=O)C(=O)N1CCCCC1C(=O)O[C@H](CCc1ccc(OC)c(OC)c1)c1cccc(OCC(=O)OCCOCCOCCO)c1. The van der Waals surface area contributed by atoms with E-state index < -0.39 is 41.2 Å². The average molecular weight is 732 g/mol. The van der Waals surface area contributed by atoms with Crippen molar-refractivity contribution in [2.75, 3.05) is 67.0 Å². The Balaban J connectivity index is 0.00000936. The predicted molar refractivity (Wildman–Crippen MR) is 193 cm³/mol. The summed E-state index contributed by atoms with van der Waals surface area (Å²) in [6, 6.07) is 11.6. The number of aliphatic hydroxyl groups excluding tert-OH is 1. The fourth-order valence-corrected chi connectivity index (χ4v) is 5.44. The fourth-order valence-electron chi connectivity index (χ4n) is 5.44. The normalized spacial score (nSPS) is 14.8. The molecule has 1 heterocycles. The van der Waals surface area contributed by atoms with Gasteiger partial charge in [-0.1, -0.05) is 46.4 Å². The Kier molecular flexibility index (Phi) is 19.2. The highest BCUT2D eigenvalue weighted by Gasteiger charge is 2.41. The summed E-state index contributed by atoms with van der Waals surface area (Å²) in [5, 5.41) is 8.71. The number of aliphatic hydroxyl groups is 1. The third kappa shape index (κ3) is 13.4. The number of nitrogens with zero attached hydrogens (tertiary/aromatic N) is 1. The van der Waals surface area contributed by atoms with Gasteiger partial charge in [0.15, 0.2) is 18.1 Å². The molecule has 0 bridgehead atoms. The van der Waals surface area contributed by atoms with Crippen molar-refractivity contribution in [2.45, 2.75) is 78.9 Å². The number of ketones is 1. The van der Waals surface area contributed by atoms with Gasteiger partial charge in [-0.3, -0.25) is 9.59 Å². The molecular formula is C39H57NO12. The van der Waals surface area contributed by atoms with Crippen molar-refractivity contribution < 1.29 is 57.4 Å². The van der Waals surface area contributed by atoms with Crippen molar-refractivity contribution in [2.24, 2.45) is 5.41 Å². The summed E-state index contributed by atoms with van der Waals surface area (Å²) >= 11 is 0. The molecule has 0 saturated carbocycles. The summed E-state index contributed by atoms with van der Waals surface area (Å²) in [6.07, 6.45) is 2.42. The number of Topliss-reactive ketones (excluding diaryl/α,β-unsaturated/α-hetero) is 1. The van der Waals surface area contributed by atoms with Crippen LogP contribution in [0.4, 0.5) is 0 Å². The van der Waals surface area contributed by atoms with Crippen molar-refractivity contribution in [1.82, 2.24) is 4.90 Å². The van der Waals surface area contributed by atoms with Crippen molar-refractivity contribution in [3.8, 4) is 17.2 Å². The number of benzene rings is 2. The molecule has 1 N–H and O–H groups in total. The van der Waals surface area contributed by atoms with E-state index in [4.69, 9.17) is 38.3 Å². The third-order valence-corrected chi connectivity index (χ3v) is 8.82. The van der Waals surface area contributed by atoms with Crippen LogP contribution in [0.3, 0.4) is 0 Å². The molecular weight excluding hydrogens is 674 g/mol. The molecule has 52 heavy (non-hydrogen) atoms. The van der Waals surface area contributed by atoms with E-state index in [9.17, 15) is 19.2 Å². The molecule has 1 fully saturated rings. The molecule has 290 valence electrons. The number of carbonyl (C=O) groups is 4. The van der Waals surface area contributed by atoms with Crippen LogP contribution in [0, 0.1) is 5.41 Å². The van der Waals surface area contributed by atoms with E-state index in [1.54, 1.807) is 52.3 Å². The number of esters is 2. The molecule has 0 aliphatic carbocycles. The van der Waals surface area contributed by atoms with Gasteiger partial charge in [0, 0.05) is 12.0 Å². The van der Waals surface area contributed by atoms with Crippen LogP contribution in [0.5, 0.6) is 17.2 Å². The molecule has 0 radical (unpaired) electrons. The monoisotopic (exact) mass is 731 g/mol. The van der Waals surface area contributed by atoms with Crippen LogP contribution >= 0.6 is 0 Å². The summed E-state index contributed by atoms with van der Waals surface area (Å²) in [5.41, 5.74) is 0.706. The molecule has 1 amide bonds. The maximum atomic E-state index is 13.9. The van der Waals surface area contributed by atoms with Crippen LogP contribution in [-0.2, 0) is 44.5 Å². The van der Waals surface area contributed by atoms with Crippen molar-refractivity contribution in [1.29, 1.82) is 0 Å². The molecule has 1 aliphatic heterocycles. The van der Waals surface area contributed by atoms with Gasteiger partial charge >= 0.3 is 11.9 Å². The third-order valence-electron chi connectivity index (χ3n) is 8.82. The van der Waals surface area contributed by atoms with Crippen LogP contribution in [-0.4, -0.2) is 107 Å². The number of hydrogen-bond acceptors (Lipinski definition) is 12. The zero-order valence-corrected chi connectivity index (χ0v) is 30.5. The second-order valence-electron chi connectivity index (χ2n) is 12.8. The topological polar surface area (TPSA) is 156 Å². The second-order valence-corrected chi connectivity index (χ2v) is 12.8. The number of rotatable bonds is 22. The molecule has 13 nitrogen and oxygen atoms in total. The van der Waals surface area contributed by atoms with Gasteiger partial charge in [0.1, 0.15) is 24.5 Å². The van der Waals surface area contributed by atoms with E-state index >= 15 is 0 Å². The van der Waals surface area contributed by atoms with Gasteiger partial charge in [0.2, 0.25) is 5.78 Å². The highest BCUT2D eigenvalue weighted by atomic mass is 16.6. The van der Waals surface area contributed by atoms with Crippen LogP contribution in [0.2, 0.25) is 0 Å². The Hall–Kier alpha value is -4.20. The zero-order chi connectivity index (χ0) is 37.2. The molecule has 0 spiro atoms. The Bertz CT molecular complexity index is 1430. The van der Waals surface area contributed by atoms with Crippen molar-refractivity contribution in [3.05, 3.63) is 53.6 Å². The molecule has 1 saturated heterocycles. The minimum Gasteiger partial charge on any atom is -0.493 e. The second kappa shape index (κ2) is 22.7. The number of piperidine rings is 1. The Morgan fingerprint density at radius 3 is 2.33 bits per heavy atom. The quantitative estimate of drug-likeness (QED) is 0.0996. The Morgan fingerprint density at radius 1 is 0.923 bits per heavy atom. The van der Waals surface area contributed by atoms with E-state index in [1.807, 2.05) is 25.1 Å². The molecule has 1 unspecified atom stereocenters. The highest BCUT2D eigenvalue weighted by molar-refractivity contribution is 6.38. The van der Waals surface area contributed by atoms with Gasteiger partial charge in [-0.2, -0.15) is 0 Å². The van der Waals surface area contributed by atoms with Crippen LogP contribution in [0.25, 0.3) is 0 Å². The Morgan fingerprint density at radius 2 is 1.63 bits per heavy atom. The van der Waals surface area contributed by atoms with Crippen LogP contribution in [0.1, 0.15) is 77.5 Å². The van der Waals surface area contributed by atoms with E-state index in [1.165, 1.54) is 4.90 Å². The number of ether oxygens (including phenoxy) is 7. The summed E-state index contributed by atoms with van der Waals surface area (Å²) in [7, 11) is 3.12. The number of methoxy groups -OCH3 is 2. The highest BCUT2D eigenvalue weighted by Crippen LogP contribution is 2.32. The standard InChI is InChI=1S/C38H53NO12.CH4/c1-6-38(2,3)35(42)36(43)39-17-8-7-12-30(39)37(44)51-31(15-13-27-14-16-32(45-4)33(24-27)46-5)28-10-9-11-29(25-28)50-26-34(41)49-23-22-48-21-20-47-19-18-40;/h9-11,14,16,24-25,30-31,40H,6-8,12-13,15,17-23,26H2,1-5H3;1H4/t30?,31-;/m1./s1. The lowest BCUT2D eigenvalue weighted by molar-refractivity contribution is -0.164. The van der Waals surface area contributed by atoms with Gasteiger partial charge in [-0.05, 0) is 73.9 Å². The van der Waals surface area contributed by atoms with Gasteiger partial charge in [0.25, 0.3) is 5.91 Å². The first-order valence-electron chi connectivity index (χ1n) is 17.5. The maximum Gasteiger partial charge on any atom is 0.344 e.